The highest BCUT2D eigenvalue weighted by atomic mass is 32.1. The minimum Gasteiger partial charge on any atom is -0.494 e. The number of nitrogens with one attached hydrogen (secondary N) is 1. The van der Waals surface area contributed by atoms with E-state index in [0.29, 0.717) is 5.69 Å². The number of nitrogens with zero attached hydrogens (tertiary/aromatic N) is 2. The molecule has 2 N–H and O–H groups in total. The highest BCUT2D eigenvalue weighted by molar-refractivity contribution is 7.71. The van der Waals surface area contributed by atoms with E-state index in [9.17, 15) is 9.90 Å². The molecule has 0 spiro atoms. The second-order valence-electron chi connectivity index (χ2n) is 5.94. The first-order chi connectivity index (χ1) is 12.6. The van der Waals surface area contributed by atoms with Crippen LogP contribution in [0.5, 0.6) is 5.88 Å². The van der Waals surface area contributed by atoms with Gasteiger partial charge in [-0.2, -0.15) is 0 Å². The summed E-state index contributed by atoms with van der Waals surface area (Å²) in [5.41, 5.74) is 3.74. The first kappa shape index (κ1) is 16.2. The molecule has 3 aromatic rings. The van der Waals surface area contributed by atoms with Crippen molar-refractivity contribution in [2.45, 2.75) is 6.92 Å². The maximum Gasteiger partial charge on any atom is 0.262 e. The lowest BCUT2D eigenvalue weighted by atomic mass is 10.0. The van der Waals surface area contributed by atoms with Gasteiger partial charge >= 0.3 is 0 Å². The predicted octanol–water partition coefficient (Wildman–Crippen LogP) is 4.25. The molecule has 0 radical (unpaired) electrons. The molecular formula is C20H15N3O2S. The summed E-state index contributed by atoms with van der Waals surface area (Å²) in [6.07, 6.45) is 1.66. The molecular weight excluding hydrogens is 346 g/mol. The standard InChI is InChI=1S/C20H15N3O2S/c1-12-15(14-9-5-6-10-17(14)21-12)11-16-18(24)22-20(26)23(19(16)25)13-7-3-2-4-8-13/h2-11,25H,1H3,(H,22,24,26)/b15-11-. The number of para-hydroxylation sites is 2. The van der Waals surface area contributed by atoms with Gasteiger partial charge in [0.15, 0.2) is 4.77 Å². The van der Waals surface area contributed by atoms with Crippen LogP contribution in [0.25, 0.3) is 17.3 Å². The van der Waals surface area contributed by atoms with Gasteiger partial charge in [-0.1, -0.05) is 36.4 Å². The van der Waals surface area contributed by atoms with Crippen molar-refractivity contribution in [3.8, 4) is 11.6 Å². The summed E-state index contributed by atoms with van der Waals surface area (Å²) >= 11 is 5.24. The molecule has 2 heterocycles. The van der Waals surface area contributed by atoms with E-state index in [-0.39, 0.29) is 16.2 Å². The molecule has 6 heteroatoms. The molecule has 1 aliphatic heterocycles. The number of hydrogen-bond donors (Lipinski definition) is 2. The van der Waals surface area contributed by atoms with Gasteiger partial charge in [-0.05, 0) is 43.4 Å². The Balaban J connectivity index is 1.96. The van der Waals surface area contributed by atoms with Crippen molar-refractivity contribution in [2.75, 3.05) is 0 Å². The van der Waals surface area contributed by atoms with Crippen LogP contribution in [-0.2, 0) is 0 Å². The molecule has 0 fully saturated rings. The van der Waals surface area contributed by atoms with Crippen LogP contribution >= 0.6 is 12.2 Å². The topological polar surface area (TPSA) is 70.4 Å². The average Bonchev–Trinajstić information content (AvgIpc) is 2.94. The van der Waals surface area contributed by atoms with Gasteiger partial charge in [-0.15, -0.1) is 0 Å². The van der Waals surface area contributed by atoms with Crippen LogP contribution in [0.15, 0.2) is 64.4 Å². The Morgan fingerprint density at radius 3 is 2.58 bits per heavy atom. The van der Waals surface area contributed by atoms with E-state index in [1.165, 1.54) is 4.57 Å². The Morgan fingerprint density at radius 1 is 1.12 bits per heavy atom. The van der Waals surface area contributed by atoms with Crippen LogP contribution in [-0.4, -0.2) is 20.4 Å². The molecule has 0 amide bonds. The summed E-state index contributed by atoms with van der Waals surface area (Å²) < 4.78 is 1.58. The lowest BCUT2D eigenvalue weighted by molar-refractivity contribution is 0.432. The van der Waals surface area contributed by atoms with Crippen LogP contribution in [0.1, 0.15) is 18.1 Å². The lowest BCUT2D eigenvalue weighted by Gasteiger charge is -2.12. The number of rotatable bonds is 2. The molecule has 26 heavy (non-hydrogen) atoms. The fourth-order valence-corrected chi connectivity index (χ4v) is 3.33. The van der Waals surface area contributed by atoms with Gasteiger partial charge in [-0.25, -0.2) is 0 Å². The van der Waals surface area contributed by atoms with Crippen LogP contribution < -0.4 is 5.56 Å². The molecule has 1 aliphatic rings. The van der Waals surface area contributed by atoms with Crippen molar-refractivity contribution < 1.29 is 5.11 Å². The Hall–Kier alpha value is -3.25. The van der Waals surface area contributed by atoms with Crippen molar-refractivity contribution in [3.63, 3.8) is 0 Å². The number of fused-ring (bicyclic) bond motifs is 1. The third-order valence-corrected chi connectivity index (χ3v) is 4.58. The molecule has 128 valence electrons. The fourth-order valence-electron chi connectivity index (χ4n) is 3.05. The minimum atomic E-state index is -0.440. The zero-order valence-electron chi connectivity index (χ0n) is 13.9. The highest BCUT2D eigenvalue weighted by Crippen LogP contribution is 2.36. The molecule has 0 unspecified atom stereocenters. The van der Waals surface area contributed by atoms with Gasteiger partial charge in [0.05, 0.1) is 11.4 Å². The lowest BCUT2D eigenvalue weighted by Crippen LogP contribution is -2.16. The van der Waals surface area contributed by atoms with Crippen molar-refractivity contribution in [1.82, 2.24) is 9.55 Å². The zero-order valence-corrected chi connectivity index (χ0v) is 14.7. The van der Waals surface area contributed by atoms with Gasteiger partial charge in [0.25, 0.3) is 5.56 Å². The molecule has 4 rings (SSSR count). The van der Waals surface area contributed by atoms with E-state index in [0.717, 1.165) is 22.5 Å². The van der Waals surface area contributed by atoms with E-state index in [1.54, 1.807) is 6.08 Å². The normalized spacial score (nSPS) is 14.3. The highest BCUT2D eigenvalue weighted by Gasteiger charge is 2.20. The molecule has 2 aromatic carbocycles. The second-order valence-corrected chi connectivity index (χ2v) is 6.33. The minimum absolute atomic E-state index is 0.137. The van der Waals surface area contributed by atoms with E-state index in [2.05, 4.69) is 9.98 Å². The largest absolute Gasteiger partial charge is 0.494 e. The number of aromatic hydroxyl groups is 1. The number of aliphatic imine (C=N–C) groups is 1. The summed E-state index contributed by atoms with van der Waals surface area (Å²) in [5.74, 6) is -0.199. The molecule has 0 bridgehead atoms. The summed E-state index contributed by atoms with van der Waals surface area (Å²) in [4.78, 5) is 19.6. The number of hydrogen-bond acceptors (Lipinski definition) is 4. The molecule has 0 aliphatic carbocycles. The molecule has 0 atom stereocenters. The van der Waals surface area contributed by atoms with Crippen LogP contribution in [0.2, 0.25) is 0 Å². The summed E-state index contributed by atoms with van der Waals surface area (Å²) in [5, 5.41) is 10.8. The number of H-pyrrole nitrogens is 1. The van der Waals surface area contributed by atoms with Gasteiger partial charge < -0.3 is 5.11 Å². The molecule has 1 aromatic heterocycles. The van der Waals surface area contributed by atoms with Crippen LogP contribution in [0.3, 0.4) is 0 Å². The maximum absolute atomic E-state index is 12.5. The summed E-state index contributed by atoms with van der Waals surface area (Å²) in [6.45, 7) is 1.88. The Morgan fingerprint density at radius 2 is 1.81 bits per heavy atom. The zero-order chi connectivity index (χ0) is 18.3. The maximum atomic E-state index is 12.5. The number of allylic oxidation sites excluding steroid dienone is 1. The Kier molecular flexibility index (Phi) is 3.89. The number of aromatic amines is 1. The van der Waals surface area contributed by atoms with Gasteiger partial charge in [0.1, 0.15) is 5.56 Å². The van der Waals surface area contributed by atoms with Gasteiger partial charge in [0, 0.05) is 16.8 Å². The van der Waals surface area contributed by atoms with Gasteiger partial charge in [0.2, 0.25) is 5.88 Å². The monoisotopic (exact) mass is 361 g/mol. The predicted molar refractivity (Wildman–Crippen MR) is 106 cm³/mol. The first-order valence-corrected chi connectivity index (χ1v) is 8.47. The number of benzene rings is 2. The molecule has 0 saturated carbocycles. The second kappa shape index (κ2) is 6.24. The van der Waals surface area contributed by atoms with Crippen molar-refractivity contribution in [1.29, 1.82) is 0 Å². The van der Waals surface area contributed by atoms with E-state index in [4.69, 9.17) is 12.2 Å². The molecule has 5 nitrogen and oxygen atoms in total. The first-order valence-electron chi connectivity index (χ1n) is 8.07. The van der Waals surface area contributed by atoms with E-state index >= 15 is 0 Å². The SMILES string of the molecule is CC1=Nc2ccccc2/C1=C\c1c(O)n(-c2ccccc2)c(=S)[nH]c1=O. The molecule has 0 saturated heterocycles. The Bertz CT molecular complexity index is 1190. The Labute approximate surface area is 154 Å². The van der Waals surface area contributed by atoms with E-state index < -0.39 is 5.56 Å². The number of aromatic nitrogens is 2. The van der Waals surface area contributed by atoms with Crippen molar-refractivity contribution in [2.24, 2.45) is 4.99 Å². The van der Waals surface area contributed by atoms with Gasteiger partial charge in [-0.3, -0.25) is 19.3 Å². The third-order valence-electron chi connectivity index (χ3n) is 4.30. The van der Waals surface area contributed by atoms with Crippen LogP contribution in [0, 0.1) is 4.77 Å². The summed E-state index contributed by atoms with van der Waals surface area (Å²) in [6, 6.07) is 16.9. The van der Waals surface area contributed by atoms with Crippen LogP contribution in [0.4, 0.5) is 5.69 Å². The van der Waals surface area contributed by atoms with E-state index in [1.807, 2.05) is 61.5 Å². The third kappa shape index (κ3) is 2.60. The van der Waals surface area contributed by atoms with Crippen molar-refractivity contribution >= 4 is 35.3 Å². The smallest absolute Gasteiger partial charge is 0.262 e. The average molecular weight is 361 g/mol. The summed E-state index contributed by atoms with van der Waals surface area (Å²) in [7, 11) is 0. The quantitative estimate of drug-likeness (QED) is 0.671. The fraction of sp³-hybridized carbons (Fsp3) is 0.0500. The van der Waals surface area contributed by atoms with Crippen molar-refractivity contribution in [3.05, 3.63) is 80.8 Å².